The fourth-order valence-electron chi connectivity index (χ4n) is 8.11. The minimum absolute atomic E-state index is 0.0768. The Bertz CT molecular complexity index is 2020. The zero-order valence-corrected chi connectivity index (χ0v) is 31.3. The first-order valence-electron chi connectivity index (χ1n) is 18.0. The summed E-state index contributed by atoms with van der Waals surface area (Å²) in [5.41, 5.74) is 7.61. The number of hydrogen-bond donors (Lipinski definition) is 2. The van der Waals surface area contributed by atoms with Crippen LogP contribution in [0.3, 0.4) is 0 Å². The van der Waals surface area contributed by atoms with Gasteiger partial charge < -0.3 is 34.1 Å². The number of carboxylic acid groups (broad SMARTS) is 2. The van der Waals surface area contributed by atoms with Crippen molar-refractivity contribution in [3.8, 4) is 23.0 Å². The lowest BCUT2D eigenvalue weighted by Crippen LogP contribution is -2.28. The molecule has 10 nitrogen and oxygen atoms in total. The molecular formula is C41H46ClN2O8+. The molecule has 5 aliphatic rings. The largest absolute Gasteiger partial charge is 0.481 e. The fraction of sp³-hybridized carbons (Fsp3) is 0.439. The highest BCUT2D eigenvalue weighted by Gasteiger charge is 2.46. The Hall–Kier alpha value is -4.70. The summed E-state index contributed by atoms with van der Waals surface area (Å²) in [6.07, 6.45) is 10.4. The van der Waals surface area contributed by atoms with Crippen LogP contribution >= 0.6 is 11.6 Å². The van der Waals surface area contributed by atoms with E-state index in [-0.39, 0.29) is 36.3 Å². The topological polar surface area (TPSA) is 118 Å². The summed E-state index contributed by atoms with van der Waals surface area (Å²) in [6.45, 7) is 13.5. The molecule has 0 radical (unpaired) electrons. The molecule has 0 amide bonds. The van der Waals surface area contributed by atoms with E-state index in [1.165, 1.54) is 0 Å². The Morgan fingerprint density at radius 3 is 2.08 bits per heavy atom. The third-order valence-electron chi connectivity index (χ3n) is 10.7. The number of fused-ring (bicyclic) bond motifs is 4. The molecule has 52 heavy (non-hydrogen) atoms. The monoisotopic (exact) mass is 729 g/mol. The van der Waals surface area contributed by atoms with Crippen LogP contribution < -0.4 is 23.8 Å². The molecule has 2 aromatic carbocycles. The molecule has 7 rings (SSSR count). The standard InChI is InChI=1S/C41H45ClN2O8/c1-23-49-31-19-27-29(21-33(31)51-23)43(17-7-9-37(45)46)35(40(27,3)4)15-13-25-11-12-26(39(25)42)14-16-36-41(5,6)28-20-32-34(52-24(2)50-32)22-30(28)44(36)18-8-10-38(47)48/h13-16,19-24H,7-12,17-18H2,1-6H3,(H-,45,46,47,48)/p+1. The van der Waals surface area contributed by atoms with E-state index in [0.717, 1.165) is 74.4 Å². The average molecular weight is 730 g/mol. The Labute approximate surface area is 309 Å². The van der Waals surface area contributed by atoms with Crippen LogP contribution in [0.5, 0.6) is 23.0 Å². The van der Waals surface area contributed by atoms with Gasteiger partial charge in [-0.1, -0.05) is 37.6 Å². The number of nitrogens with zero attached hydrogens (tertiary/aromatic N) is 2. The van der Waals surface area contributed by atoms with Crippen molar-refractivity contribution in [1.82, 2.24) is 0 Å². The minimum atomic E-state index is -0.818. The Kier molecular flexibility index (Phi) is 9.18. The normalized spacial score (nSPS) is 23.5. The maximum absolute atomic E-state index is 11.4. The molecule has 0 saturated heterocycles. The second-order valence-corrected chi connectivity index (χ2v) is 15.5. The quantitative estimate of drug-likeness (QED) is 0.220. The zero-order chi connectivity index (χ0) is 37.1. The van der Waals surface area contributed by atoms with E-state index in [1.807, 2.05) is 26.0 Å². The van der Waals surface area contributed by atoms with Crippen LogP contribution in [0.15, 0.2) is 70.4 Å². The summed E-state index contributed by atoms with van der Waals surface area (Å²) in [7, 11) is 0. The molecule has 0 fully saturated rings. The van der Waals surface area contributed by atoms with Crippen molar-refractivity contribution in [3.63, 3.8) is 0 Å². The van der Waals surface area contributed by atoms with Gasteiger partial charge in [-0.05, 0) is 68.0 Å². The molecular weight excluding hydrogens is 684 g/mol. The van der Waals surface area contributed by atoms with Crippen molar-refractivity contribution in [2.75, 3.05) is 18.0 Å². The summed E-state index contributed by atoms with van der Waals surface area (Å²) in [6, 6.07) is 8.13. The Morgan fingerprint density at radius 1 is 0.827 bits per heavy atom. The summed E-state index contributed by atoms with van der Waals surface area (Å²) in [5, 5.41) is 19.5. The fourth-order valence-corrected chi connectivity index (χ4v) is 8.43. The number of anilines is 1. The van der Waals surface area contributed by atoms with E-state index in [0.29, 0.717) is 37.4 Å². The highest BCUT2D eigenvalue weighted by molar-refractivity contribution is 6.33. The van der Waals surface area contributed by atoms with Crippen molar-refractivity contribution < 1.29 is 43.3 Å². The second kappa shape index (κ2) is 13.4. The molecule has 1 aliphatic carbocycles. The number of allylic oxidation sites excluding steroid dienone is 8. The smallest absolute Gasteiger partial charge is 0.303 e. The van der Waals surface area contributed by atoms with E-state index >= 15 is 0 Å². The number of carboxylic acids is 2. The Morgan fingerprint density at radius 2 is 1.42 bits per heavy atom. The van der Waals surface area contributed by atoms with Gasteiger partial charge in [-0.25, -0.2) is 0 Å². The lowest BCUT2D eigenvalue weighted by molar-refractivity contribution is -0.438. The number of rotatable bonds is 11. The van der Waals surface area contributed by atoms with Crippen molar-refractivity contribution in [2.24, 2.45) is 0 Å². The van der Waals surface area contributed by atoms with E-state index in [2.05, 4.69) is 73.6 Å². The number of carbonyl (C=O) groups is 2. The summed E-state index contributed by atoms with van der Waals surface area (Å²) in [5.74, 6) is 1.18. The van der Waals surface area contributed by atoms with Gasteiger partial charge in [0.1, 0.15) is 6.54 Å². The lowest BCUT2D eigenvalue weighted by atomic mass is 9.81. The van der Waals surface area contributed by atoms with E-state index in [4.69, 9.17) is 30.5 Å². The molecule has 11 heteroatoms. The van der Waals surface area contributed by atoms with Gasteiger partial charge in [0, 0.05) is 72.8 Å². The molecule has 2 aromatic rings. The predicted octanol–water partition coefficient (Wildman–Crippen LogP) is 8.48. The number of ether oxygens (including phenoxy) is 4. The van der Waals surface area contributed by atoms with Crippen LogP contribution in [-0.4, -0.2) is 58.1 Å². The number of aliphatic carboxylic acids is 2. The lowest BCUT2D eigenvalue weighted by Gasteiger charge is -2.27. The molecule has 274 valence electrons. The third-order valence-corrected chi connectivity index (χ3v) is 11.2. The first-order valence-corrected chi connectivity index (χ1v) is 18.4. The molecule has 0 saturated carbocycles. The second-order valence-electron chi connectivity index (χ2n) is 15.1. The maximum Gasteiger partial charge on any atom is 0.303 e. The SMILES string of the molecule is CC1Oc2cc3c(cc2O1)C(C)(C)C(/C=C/C1=C(Cl)C(=C/C=C2\N(CCCC(=O)O)c4cc5c(cc4C2(C)C)OC(C)O5)CC1)=[N+]3CCCC(=O)O. The van der Waals surface area contributed by atoms with Gasteiger partial charge in [-0.2, -0.15) is 4.58 Å². The first kappa shape index (κ1) is 35.7. The maximum atomic E-state index is 11.4. The zero-order valence-electron chi connectivity index (χ0n) is 30.5. The highest BCUT2D eigenvalue weighted by Crippen LogP contribution is 2.53. The van der Waals surface area contributed by atoms with Crippen LogP contribution in [0, 0.1) is 0 Å². The van der Waals surface area contributed by atoms with Crippen LogP contribution in [0.4, 0.5) is 11.4 Å². The minimum Gasteiger partial charge on any atom is -0.481 e. The molecule has 4 aliphatic heterocycles. The third kappa shape index (κ3) is 6.35. The van der Waals surface area contributed by atoms with Crippen LogP contribution in [0.2, 0.25) is 0 Å². The van der Waals surface area contributed by atoms with Crippen molar-refractivity contribution in [3.05, 3.63) is 81.6 Å². The van der Waals surface area contributed by atoms with E-state index in [9.17, 15) is 19.8 Å². The number of hydrogen-bond acceptors (Lipinski definition) is 7. The van der Waals surface area contributed by atoms with Crippen LogP contribution in [-0.2, 0) is 20.4 Å². The van der Waals surface area contributed by atoms with Crippen molar-refractivity contribution >= 4 is 40.6 Å². The molecule has 2 unspecified atom stereocenters. The number of halogens is 1. The van der Waals surface area contributed by atoms with Gasteiger partial charge in [0.25, 0.3) is 0 Å². The molecule has 0 aromatic heterocycles. The molecule has 0 bridgehead atoms. The average Bonchev–Trinajstić information content (AvgIpc) is 3.81. The van der Waals surface area contributed by atoms with Gasteiger partial charge in [0.2, 0.25) is 18.3 Å². The summed E-state index contributed by atoms with van der Waals surface area (Å²) < 4.78 is 25.8. The van der Waals surface area contributed by atoms with Gasteiger partial charge in [-0.3, -0.25) is 9.59 Å². The predicted molar refractivity (Wildman–Crippen MR) is 199 cm³/mol. The first-order chi connectivity index (χ1) is 24.6. The van der Waals surface area contributed by atoms with E-state index in [1.54, 1.807) is 0 Å². The van der Waals surface area contributed by atoms with Gasteiger partial charge in [-0.15, -0.1) is 0 Å². The van der Waals surface area contributed by atoms with Crippen LogP contribution in [0.1, 0.15) is 91.2 Å². The summed E-state index contributed by atoms with van der Waals surface area (Å²) >= 11 is 7.11. The van der Waals surface area contributed by atoms with Gasteiger partial charge >= 0.3 is 11.9 Å². The van der Waals surface area contributed by atoms with E-state index < -0.39 is 11.9 Å². The van der Waals surface area contributed by atoms with Gasteiger partial charge in [0.05, 0.1) is 17.9 Å². The Balaban J connectivity index is 1.20. The summed E-state index contributed by atoms with van der Waals surface area (Å²) in [4.78, 5) is 25.0. The highest BCUT2D eigenvalue weighted by atomic mass is 35.5. The molecule has 2 N–H and O–H groups in total. The van der Waals surface area contributed by atoms with Crippen molar-refractivity contribution in [2.45, 2.75) is 103 Å². The molecule has 0 spiro atoms. The van der Waals surface area contributed by atoms with Gasteiger partial charge in [0.15, 0.2) is 28.7 Å². The van der Waals surface area contributed by atoms with Crippen molar-refractivity contribution in [1.29, 1.82) is 0 Å². The van der Waals surface area contributed by atoms with Crippen LogP contribution in [0.25, 0.3) is 0 Å². The molecule has 4 heterocycles. The number of benzene rings is 2. The molecule has 2 atom stereocenters.